The van der Waals surface area contributed by atoms with Crippen molar-refractivity contribution in [3.63, 3.8) is 0 Å². The van der Waals surface area contributed by atoms with Crippen molar-refractivity contribution >= 4 is 72.5 Å². The van der Waals surface area contributed by atoms with E-state index in [1.807, 2.05) is 6.07 Å². The number of cyclic esters (lactones) is 2. The zero-order chi connectivity index (χ0) is 43.7. The number of nitrogens with zero attached hydrogens (tertiary/aromatic N) is 3. The Labute approximate surface area is 356 Å². The molecule has 4 aliphatic heterocycles. The predicted molar refractivity (Wildman–Crippen MR) is 219 cm³/mol. The van der Waals surface area contributed by atoms with Gasteiger partial charge in [-0.15, -0.1) is 0 Å². The molecule has 0 aliphatic carbocycles. The van der Waals surface area contributed by atoms with E-state index in [1.165, 1.54) is 16.7 Å². The second-order valence-corrected chi connectivity index (χ2v) is 16.3. The van der Waals surface area contributed by atoms with E-state index in [-0.39, 0.29) is 88.8 Å². The summed E-state index contributed by atoms with van der Waals surface area (Å²) in [4.78, 5) is 76.1. The highest BCUT2D eigenvalue weighted by molar-refractivity contribution is 9.11. The highest BCUT2D eigenvalue weighted by Crippen LogP contribution is 2.40. The van der Waals surface area contributed by atoms with Gasteiger partial charge in [-0.1, -0.05) is 13.8 Å². The number of hydrogen-bond donors (Lipinski definition) is 3. The zero-order valence-corrected chi connectivity index (χ0v) is 35.7. The molecule has 7 heterocycles. The number of carbonyl (C=O) groups is 4. The Bertz CT molecular complexity index is 2880. The SMILES string of the molecule is CC[C@@]1(O)C(=O)OCc2c1cc1n(c2=O)CCC1=O.CC[C@@]1(O)C(=O)OCc2c1cc1n(c2=O)Cc2cc3c(Br)c(C)c(F)cc3nc2-1.Cc1c(F)cc(N)c(C=O)c1Br. The minimum absolute atomic E-state index is 0.0805. The summed E-state index contributed by atoms with van der Waals surface area (Å²) < 4.78 is 41.1. The Hall–Kier alpha value is -5.43. The van der Waals surface area contributed by atoms with E-state index >= 15 is 0 Å². The van der Waals surface area contributed by atoms with Crippen LogP contribution in [0.25, 0.3) is 22.3 Å². The number of rotatable bonds is 3. The van der Waals surface area contributed by atoms with Gasteiger partial charge in [0, 0.05) is 55.7 Å². The van der Waals surface area contributed by atoms with Gasteiger partial charge in [0.1, 0.15) is 24.8 Å². The first-order valence-electron chi connectivity index (χ1n) is 18.7. The third-order valence-corrected chi connectivity index (χ3v) is 13.5. The smallest absolute Gasteiger partial charge is 0.343 e. The van der Waals surface area contributed by atoms with Crippen LogP contribution in [-0.2, 0) is 56.6 Å². The molecule has 4 aliphatic rings. The van der Waals surface area contributed by atoms with E-state index in [4.69, 9.17) is 15.2 Å². The molecule has 0 saturated carbocycles. The molecule has 3 aromatic heterocycles. The van der Waals surface area contributed by atoms with Crippen LogP contribution in [0, 0.1) is 25.5 Å². The standard InChI is InChI=1S/C21H16BrFN2O4.C13H13NO5.C8H7BrFNO/c1-3-21(28)13-5-16-18-10(7-25(16)19(26)12(13)8-29-20(21)27)4-11-15(24-18)6-14(23)9(2)17(11)22;1-2-13(18)8-5-9-10(15)3-4-14(9)11(16)7(8)6-19-12(13)17;1-4-6(10)2-7(11)5(3-12)8(4)9/h4-6,28H,3,7-8H2,1-2H3;5,18H,2-4,6H2,1H3;2-3H,11H2,1H3/t21-;13-;/m00./s1. The quantitative estimate of drug-likeness (QED) is 0.111. The summed E-state index contributed by atoms with van der Waals surface area (Å²) in [5, 5.41) is 22.1. The third-order valence-electron chi connectivity index (χ3n) is 11.5. The van der Waals surface area contributed by atoms with Crippen LogP contribution in [-0.4, -0.2) is 48.3 Å². The van der Waals surface area contributed by atoms with Gasteiger partial charge in [-0.2, -0.15) is 0 Å². The van der Waals surface area contributed by atoms with Crippen molar-refractivity contribution in [3.8, 4) is 11.4 Å². The van der Waals surface area contributed by atoms with Crippen molar-refractivity contribution in [2.45, 2.75) is 84.5 Å². The molecule has 0 saturated heterocycles. The molecule has 14 nitrogen and oxygen atoms in total. The summed E-state index contributed by atoms with van der Waals surface area (Å²) in [6.45, 7) is 6.88. The number of fused-ring (bicyclic) bond motifs is 7. The minimum atomic E-state index is -1.87. The van der Waals surface area contributed by atoms with Gasteiger partial charge < -0.3 is 34.6 Å². The number of nitrogens with two attached hydrogens (primary N) is 1. The van der Waals surface area contributed by atoms with E-state index in [9.17, 15) is 47.8 Å². The molecule has 4 N–H and O–H groups in total. The number of carbonyl (C=O) groups excluding carboxylic acids is 4. The number of aliphatic hydroxyl groups is 2. The lowest BCUT2D eigenvalue weighted by Crippen LogP contribution is -2.44. The first-order valence-corrected chi connectivity index (χ1v) is 20.3. The van der Waals surface area contributed by atoms with Crippen molar-refractivity contribution in [1.82, 2.24) is 14.1 Å². The number of pyridine rings is 3. The van der Waals surface area contributed by atoms with Gasteiger partial charge in [0.15, 0.2) is 23.3 Å². The fourth-order valence-corrected chi connectivity index (χ4v) is 8.74. The summed E-state index contributed by atoms with van der Waals surface area (Å²) in [5.41, 5.74) is 6.00. The largest absolute Gasteiger partial charge is 0.458 e. The fourth-order valence-electron chi connectivity index (χ4n) is 7.73. The first-order chi connectivity index (χ1) is 28.3. The van der Waals surface area contributed by atoms with Crippen LogP contribution < -0.4 is 16.9 Å². The second-order valence-electron chi connectivity index (χ2n) is 14.7. The lowest BCUT2D eigenvalue weighted by atomic mass is 9.86. The lowest BCUT2D eigenvalue weighted by Gasteiger charge is -2.31. The molecule has 2 atom stereocenters. The lowest BCUT2D eigenvalue weighted by molar-refractivity contribution is -0.172. The van der Waals surface area contributed by atoms with E-state index in [0.29, 0.717) is 61.9 Å². The molecule has 0 unspecified atom stereocenters. The molecule has 312 valence electrons. The first kappa shape index (κ1) is 42.7. The number of aldehydes is 1. The van der Waals surface area contributed by atoms with E-state index in [0.717, 1.165) is 17.0 Å². The summed E-state index contributed by atoms with van der Waals surface area (Å²) in [7, 11) is 0. The zero-order valence-electron chi connectivity index (χ0n) is 32.5. The monoisotopic (exact) mass is 952 g/mol. The molecule has 0 fully saturated rings. The molecule has 60 heavy (non-hydrogen) atoms. The minimum Gasteiger partial charge on any atom is -0.458 e. The summed E-state index contributed by atoms with van der Waals surface area (Å²) >= 11 is 6.53. The van der Waals surface area contributed by atoms with Crippen LogP contribution in [0.15, 0.2) is 48.9 Å². The summed E-state index contributed by atoms with van der Waals surface area (Å²) in [6, 6.07) is 7.52. The molecular weight excluding hydrogens is 918 g/mol. The Balaban J connectivity index is 0.000000151. The number of halogens is 4. The van der Waals surface area contributed by atoms with Crippen LogP contribution >= 0.6 is 31.9 Å². The number of esters is 2. The Morgan fingerprint density at radius 1 is 0.817 bits per heavy atom. The van der Waals surface area contributed by atoms with Crippen LogP contribution in [0.1, 0.15) is 92.9 Å². The number of nitrogen functional groups attached to an aromatic ring is 1. The molecule has 5 aromatic rings. The number of ketones is 1. The highest BCUT2D eigenvalue weighted by Gasteiger charge is 2.46. The van der Waals surface area contributed by atoms with Crippen LogP contribution in [0.3, 0.4) is 0 Å². The van der Waals surface area contributed by atoms with Gasteiger partial charge in [-0.05, 0) is 93.9 Å². The van der Waals surface area contributed by atoms with Crippen molar-refractivity contribution in [2.24, 2.45) is 0 Å². The molecule has 9 rings (SSSR count). The van der Waals surface area contributed by atoms with Gasteiger partial charge >= 0.3 is 11.9 Å². The maximum Gasteiger partial charge on any atom is 0.343 e. The third kappa shape index (κ3) is 6.60. The molecule has 2 aromatic carbocycles. The molecule has 0 spiro atoms. The second kappa shape index (κ2) is 15.6. The normalized spacial score (nSPS) is 19.4. The number of benzene rings is 2. The fraction of sp³-hybridized carbons (Fsp3) is 0.310. The molecular formula is C42H36Br2F2N4O10. The van der Waals surface area contributed by atoms with Gasteiger partial charge in [-0.3, -0.25) is 19.2 Å². The van der Waals surface area contributed by atoms with Crippen molar-refractivity contribution in [1.29, 1.82) is 0 Å². The Kier molecular flexibility index (Phi) is 11.1. The number of hydrogen-bond acceptors (Lipinski definition) is 12. The summed E-state index contributed by atoms with van der Waals surface area (Å²) in [6.07, 6.45) is 1.05. The van der Waals surface area contributed by atoms with E-state index < -0.39 is 29.0 Å². The van der Waals surface area contributed by atoms with Crippen LogP contribution in [0.4, 0.5) is 14.5 Å². The van der Waals surface area contributed by atoms with E-state index in [1.54, 1.807) is 38.3 Å². The molecule has 18 heteroatoms. The maximum absolute atomic E-state index is 14.2. The molecule has 0 radical (unpaired) electrons. The highest BCUT2D eigenvalue weighted by atomic mass is 79.9. The summed E-state index contributed by atoms with van der Waals surface area (Å²) in [5.74, 6) is -2.46. The average Bonchev–Trinajstić information content (AvgIpc) is 3.79. The van der Waals surface area contributed by atoms with Gasteiger partial charge in [-0.25, -0.2) is 23.4 Å². The van der Waals surface area contributed by atoms with Gasteiger partial charge in [0.2, 0.25) is 0 Å². The number of aromatic nitrogens is 3. The maximum atomic E-state index is 14.2. The molecule has 0 amide bonds. The average molecular weight is 955 g/mol. The Morgan fingerprint density at radius 2 is 1.35 bits per heavy atom. The topological polar surface area (TPSA) is 210 Å². The van der Waals surface area contributed by atoms with Crippen molar-refractivity contribution in [3.05, 3.63) is 122 Å². The van der Waals surface area contributed by atoms with Crippen molar-refractivity contribution in [2.75, 3.05) is 5.73 Å². The van der Waals surface area contributed by atoms with Crippen molar-refractivity contribution < 1.29 is 47.6 Å². The Morgan fingerprint density at radius 3 is 1.92 bits per heavy atom. The number of anilines is 1. The van der Waals surface area contributed by atoms with E-state index in [2.05, 4.69) is 36.8 Å². The van der Waals surface area contributed by atoms with Crippen LogP contribution in [0.2, 0.25) is 0 Å². The van der Waals surface area contributed by atoms with Crippen LogP contribution in [0.5, 0.6) is 0 Å². The number of Topliss-reactive ketones (excluding diaryl/α,β-unsaturated/α-hetero) is 1. The van der Waals surface area contributed by atoms with Gasteiger partial charge in [0.05, 0.1) is 45.8 Å². The number of ether oxygens (including phenoxy) is 2. The van der Waals surface area contributed by atoms with Gasteiger partial charge in [0.25, 0.3) is 11.1 Å². The molecule has 0 bridgehead atoms. The predicted octanol–water partition coefficient (Wildman–Crippen LogP) is 5.67.